The fourth-order valence-electron chi connectivity index (χ4n) is 2.44. The van der Waals surface area contributed by atoms with Crippen molar-refractivity contribution in [2.75, 3.05) is 19.5 Å². The third kappa shape index (κ3) is 3.45. The smallest absolute Gasteiger partial charge is 0.239 e. The summed E-state index contributed by atoms with van der Waals surface area (Å²) in [5.41, 5.74) is 8.39. The van der Waals surface area contributed by atoms with Gasteiger partial charge in [0.25, 0.3) is 0 Å². The molecule has 24 heavy (non-hydrogen) atoms. The molecular formula is C17H19N5O2. The van der Waals surface area contributed by atoms with E-state index in [1.807, 2.05) is 37.3 Å². The van der Waals surface area contributed by atoms with Gasteiger partial charge in [-0.05, 0) is 36.2 Å². The van der Waals surface area contributed by atoms with Gasteiger partial charge < -0.3 is 15.2 Å². The third-order valence-corrected chi connectivity index (χ3v) is 3.46. The van der Waals surface area contributed by atoms with E-state index in [-0.39, 0.29) is 5.95 Å². The van der Waals surface area contributed by atoms with Crippen molar-refractivity contribution in [3.63, 3.8) is 0 Å². The Balaban J connectivity index is 1.96. The second-order valence-electron chi connectivity index (χ2n) is 5.16. The van der Waals surface area contributed by atoms with Crippen molar-refractivity contribution in [1.82, 2.24) is 19.7 Å². The van der Waals surface area contributed by atoms with E-state index in [0.717, 1.165) is 22.4 Å². The van der Waals surface area contributed by atoms with Crippen molar-refractivity contribution >= 4 is 5.95 Å². The molecule has 7 heteroatoms. The van der Waals surface area contributed by atoms with Crippen LogP contribution >= 0.6 is 0 Å². The Kier molecular flexibility index (Phi) is 4.60. The molecule has 0 atom stereocenters. The van der Waals surface area contributed by atoms with Crippen molar-refractivity contribution < 1.29 is 9.47 Å². The van der Waals surface area contributed by atoms with E-state index in [0.29, 0.717) is 19.0 Å². The molecule has 0 spiro atoms. The Hall–Kier alpha value is -3.09. The number of benzene rings is 1. The molecule has 0 saturated heterocycles. The predicted octanol–water partition coefficient (Wildman–Crippen LogP) is 2.38. The maximum Gasteiger partial charge on any atom is 0.239 e. The van der Waals surface area contributed by atoms with Crippen LogP contribution in [-0.2, 0) is 6.54 Å². The number of nitrogens with two attached hydrogens (primary N) is 1. The highest BCUT2D eigenvalue weighted by Gasteiger charge is 2.10. The largest absolute Gasteiger partial charge is 0.494 e. The van der Waals surface area contributed by atoms with Crippen LogP contribution in [0.5, 0.6) is 11.6 Å². The summed E-state index contributed by atoms with van der Waals surface area (Å²) in [7, 11) is 1.61. The van der Waals surface area contributed by atoms with Crippen LogP contribution in [0.1, 0.15) is 12.5 Å². The van der Waals surface area contributed by atoms with Crippen LogP contribution in [0.15, 0.2) is 42.9 Å². The Bertz CT molecular complexity index is 831. The zero-order valence-electron chi connectivity index (χ0n) is 13.6. The average molecular weight is 325 g/mol. The molecule has 0 aliphatic rings. The molecule has 7 nitrogen and oxygen atoms in total. The van der Waals surface area contributed by atoms with Gasteiger partial charge in [-0.15, -0.1) is 5.10 Å². The van der Waals surface area contributed by atoms with Crippen molar-refractivity contribution in [2.24, 2.45) is 0 Å². The minimum Gasteiger partial charge on any atom is -0.494 e. The molecule has 1 aromatic carbocycles. The summed E-state index contributed by atoms with van der Waals surface area (Å²) in [5, 5.41) is 4.09. The van der Waals surface area contributed by atoms with E-state index in [1.165, 1.54) is 0 Å². The molecule has 0 saturated carbocycles. The summed E-state index contributed by atoms with van der Waals surface area (Å²) in [5.74, 6) is 1.62. The Labute approximate surface area is 140 Å². The topological polar surface area (TPSA) is 88.1 Å². The van der Waals surface area contributed by atoms with Gasteiger partial charge >= 0.3 is 0 Å². The fourth-order valence-corrected chi connectivity index (χ4v) is 2.44. The van der Waals surface area contributed by atoms with Gasteiger partial charge in [-0.25, -0.2) is 14.6 Å². The van der Waals surface area contributed by atoms with Crippen molar-refractivity contribution in [3.05, 3.63) is 48.4 Å². The van der Waals surface area contributed by atoms with Crippen LogP contribution < -0.4 is 15.2 Å². The highest BCUT2D eigenvalue weighted by Crippen LogP contribution is 2.31. The van der Waals surface area contributed by atoms with Crippen molar-refractivity contribution in [3.8, 4) is 22.8 Å². The number of nitrogens with zero attached hydrogens (tertiary/aromatic N) is 4. The fraction of sp³-hybridized carbons (Fsp3) is 0.235. The lowest BCUT2D eigenvalue weighted by atomic mass is 10.0. The molecule has 2 N–H and O–H groups in total. The number of anilines is 1. The molecule has 0 amide bonds. The van der Waals surface area contributed by atoms with E-state index >= 15 is 0 Å². The lowest BCUT2D eigenvalue weighted by Crippen LogP contribution is -2.03. The number of methoxy groups -OCH3 is 1. The molecule has 2 aromatic heterocycles. The standard InChI is InChI=1S/C17H19N5O2/c1-3-24-14-6-4-5-13(8-14)15-7-12(9-19-16(15)23-2)10-22-11-20-17(18)21-22/h4-9,11H,3,10H2,1-2H3,(H2,18,21). The molecule has 3 rings (SSSR count). The summed E-state index contributed by atoms with van der Waals surface area (Å²) in [4.78, 5) is 8.32. The van der Waals surface area contributed by atoms with Crippen LogP contribution in [0.2, 0.25) is 0 Å². The van der Waals surface area contributed by atoms with Crippen molar-refractivity contribution in [2.45, 2.75) is 13.5 Å². The first kappa shape index (κ1) is 15.8. The van der Waals surface area contributed by atoms with Gasteiger partial charge in [0.15, 0.2) is 0 Å². The maximum atomic E-state index is 5.57. The van der Waals surface area contributed by atoms with Gasteiger partial charge in [-0.1, -0.05) is 12.1 Å². The van der Waals surface area contributed by atoms with Crippen molar-refractivity contribution in [1.29, 1.82) is 0 Å². The first-order chi connectivity index (χ1) is 11.7. The van der Waals surface area contributed by atoms with Crippen LogP contribution in [0.4, 0.5) is 5.95 Å². The number of nitrogen functional groups attached to an aromatic ring is 1. The van der Waals surface area contributed by atoms with E-state index in [1.54, 1.807) is 24.3 Å². The first-order valence-corrected chi connectivity index (χ1v) is 7.60. The normalized spacial score (nSPS) is 10.6. The zero-order valence-corrected chi connectivity index (χ0v) is 13.6. The van der Waals surface area contributed by atoms with E-state index in [9.17, 15) is 0 Å². The van der Waals surface area contributed by atoms with Gasteiger partial charge in [-0.2, -0.15) is 0 Å². The Morgan fingerprint density at radius 2 is 2.08 bits per heavy atom. The molecule has 0 fully saturated rings. The van der Waals surface area contributed by atoms with Gasteiger partial charge in [0, 0.05) is 11.8 Å². The summed E-state index contributed by atoms with van der Waals surface area (Å²) < 4.78 is 12.6. The number of rotatable bonds is 6. The second kappa shape index (κ2) is 6.99. The zero-order chi connectivity index (χ0) is 16.9. The third-order valence-electron chi connectivity index (χ3n) is 3.46. The van der Waals surface area contributed by atoms with E-state index in [2.05, 4.69) is 15.1 Å². The molecular weight excluding hydrogens is 306 g/mol. The minimum atomic E-state index is 0.251. The number of aromatic nitrogens is 4. The van der Waals surface area contributed by atoms with Crippen LogP contribution in [-0.4, -0.2) is 33.5 Å². The number of hydrogen-bond acceptors (Lipinski definition) is 6. The number of hydrogen-bond donors (Lipinski definition) is 1. The quantitative estimate of drug-likeness (QED) is 0.748. The van der Waals surface area contributed by atoms with Gasteiger partial charge in [-0.3, -0.25) is 0 Å². The van der Waals surface area contributed by atoms with E-state index in [4.69, 9.17) is 15.2 Å². The van der Waals surface area contributed by atoms with Gasteiger partial charge in [0.1, 0.15) is 12.1 Å². The Morgan fingerprint density at radius 3 is 2.79 bits per heavy atom. The monoisotopic (exact) mass is 325 g/mol. The molecule has 0 unspecified atom stereocenters. The molecule has 3 aromatic rings. The molecule has 0 aliphatic carbocycles. The minimum absolute atomic E-state index is 0.251. The molecule has 124 valence electrons. The lowest BCUT2D eigenvalue weighted by molar-refractivity contribution is 0.340. The maximum absolute atomic E-state index is 5.57. The summed E-state index contributed by atoms with van der Waals surface area (Å²) in [6, 6.07) is 9.87. The Morgan fingerprint density at radius 1 is 1.21 bits per heavy atom. The second-order valence-corrected chi connectivity index (χ2v) is 5.16. The summed E-state index contributed by atoms with van der Waals surface area (Å²) in [6.45, 7) is 3.10. The summed E-state index contributed by atoms with van der Waals surface area (Å²) in [6.07, 6.45) is 3.35. The van der Waals surface area contributed by atoms with Crippen LogP contribution in [0, 0.1) is 0 Å². The average Bonchev–Trinajstić information content (AvgIpc) is 3.00. The van der Waals surface area contributed by atoms with Gasteiger partial charge in [0.2, 0.25) is 11.8 Å². The van der Waals surface area contributed by atoms with Crippen LogP contribution in [0.25, 0.3) is 11.1 Å². The lowest BCUT2D eigenvalue weighted by Gasteiger charge is -2.11. The number of pyridine rings is 1. The van der Waals surface area contributed by atoms with E-state index < -0.39 is 0 Å². The SMILES string of the molecule is CCOc1cccc(-c2cc(Cn3cnc(N)n3)cnc2OC)c1. The molecule has 0 radical (unpaired) electrons. The molecule has 0 aliphatic heterocycles. The molecule has 0 bridgehead atoms. The first-order valence-electron chi connectivity index (χ1n) is 7.60. The van der Waals surface area contributed by atoms with Crippen LogP contribution in [0.3, 0.4) is 0 Å². The number of ether oxygens (including phenoxy) is 2. The molecule has 2 heterocycles. The highest BCUT2D eigenvalue weighted by molar-refractivity contribution is 5.70. The summed E-state index contributed by atoms with van der Waals surface area (Å²) >= 11 is 0. The highest BCUT2D eigenvalue weighted by atomic mass is 16.5. The van der Waals surface area contributed by atoms with Gasteiger partial charge in [0.05, 0.1) is 20.3 Å². The predicted molar refractivity (Wildman–Crippen MR) is 90.9 cm³/mol.